The lowest BCUT2D eigenvalue weighted by molar-refractivity contribution is -0.113. The second kappa shape index (κ2) is 8.87. The van der Waals surface area contributed by atoms with Crippen LogP contribution in [0.15, 0.2) is 70.7 Å². The third-order valence-electron chi connectivity index (χ3n) is 4.07. The molecule has 1 N–H and O–H groups in total. The van der Waals surface area contributed by atoms with Gasteiger partial charge in [0.05, 0.1) is 18.6 Å². The van der Waals surface area contributed by atoms with Crippen LogP contribution in [-0.2, 0) is 11.3 Å². The predicted molar refractivity (Wildman–Crippen MR) is 107 cm³/mol. The maximum absolute atomic E-state index is 13.3. The molecule has 3 aromatic heterocycles. The number of carbonyl (C=O) groups excluding carboxylic acids is 1. The van der Waals surface area contributed by atoms with Crippen molar-refractivity contribution in [1.82, 2.24) is 19.7 Å². The molecule has 10 heteroatoms. The summed E-state index contributed by atoms with van der Waals surface area (Å²) in [4.78, 5) is 16.4. The monoisotopic (exact) mass is 427 g/mol. The molecule has 4 aromatic rings. The van der Waals surface area contributed by atoms with E-state index in [9.17, 15) is 13.6 Å². The molecule has 30 heavy (non-hydrogen) atoms. The number of benzene rings is 1. The lowest BCUT2D eigenvalue weighted by Crippen LogP contribution is -2.15. The lowest BCUT2D eigenvalue weighted by Gasteiger charge is -2.09. The Kier molecular flexibility index (Phi) is 5.84. The van der Waals surface area contributed by atoms with E-state index in [0.717, 1.165) is 17.7 Å². The van der Waals surface area contributed by atoms with Crippen LogP contribution in [0.2, 0.25) is 0 Å². The molecule has 0 spiro atoms. The summed E-state index contributed by atoms with van der Waals surface area (Å²) < 4.78 is 33.6. The summed E-state index contributed by atoms with van der Waals surface area (Å²) in [5, 5.41) is 11.5. The van der Waals surface area contributed by atoms with Crippen molar-refractivity contribution in [3.05, 3.63) is 78.5 Å². The van der Waals surface area contributed by atoms with Crippen LogP contribution in [0, 0.1) is 11.6 Å². The summed E-state index contributed by atoms with van der Waals surface area (Å²) in [6, 6.07) is 10.4. The number of nitrogens with zero attached hydrogens (tertiary/aromatic N) is 4. The Labute approximate surface area is 174 Å². The molecule has 0 fully saturated rings. The van der Waals surface area contributed by atoms with Gasteiger partial charge < -0.3 is 9.73 Å². The van der Waals surface area contributed by atoms with Crippen molar-refractivity contribution in [3.63, 3.8) is 0 Å². The molecule has 0 saturated heterocycles. The number of aromatic nitrogens is 4. The first kappa shape index (κ1) is 19.8. The minimum Gasteiger partial charge on any atom is -0.467 e. The highest BCUT2D eigenvalue weighted by molar-refractivity contribution is 7.99. The molecule has 0 bridgehead atoms. The highest BCUT2D eigenvalue weighted by atomic mass is 32.2. The number of thioether (sulfide) groups is 1. The smallest absolute Gasteiger partial charge is 0.234 e. The second-order valence-corrected chi connectivity index (χ2v) is 7.12. The van der Waals surface area contributed by atoms with E-state index < -0.39 is 11.6 Å². The number of nitrogens with one attached hydrogen (secondary N) is 1. The number of hydrogen-bond acceptors (Lipinski definition) is 6. The third kappa shape index (κ3) is 4.54. The molecule has 0 aliphatic rings. The predicted octanol–water partition coefficient (Wildman–Crippen LogP) is 3.99. The van der Waals surface area contributed by atoms with E-state index in [4.69, 9.17) is 4.42 Å². The molecule has 152 valence electrons. The molecule has 1 aromatic carbocycles. The van der Waals surface area contributed by atoms with Gasteiger partial charge in [-0.05, 0) is 36.4 Å². The van der Waals surface area contributed by atoms with Crippen molar-refractivity contribution in [1.29, 1.82) is 0 Å². The fourth-order valence-electron chi connectivity index (χ4n) is 2.71. The largest absolute Gasteiger partial charge is 0.467 e. The van der Waals surface area contributed by atoms with E-state index in [1.807, 2.05) is 16.7 Å². The zero-order valence-electron chi connectivity index (χ0n) is 15.5. The topological polar surface area (TPSA) is 85.8 Å². The minimum atomic E-state index is -1.03. The Morgan fingerprint density at radius 1 is 1.13 bits per heavy atom. The molecule has 4 rings (SSSR count). The molecule has 0 saturated carbocycles. The third-order valence-corrected chi connectivity index (χ3v) is 5.03. The van der Waals surface area contributed by atoms with Gasteiger partial charge in [-0.15, -0.1) is 10.2 Å². The molecule has 7 nitrogen and oxygen atoms in total. The Morgan fingerprint density at radius 3 is 2.77 bits per heavy atom. The van der Waals surface area contributed by atoms with Crippen molar-refractivity contribution < 1.29 is 18.0 Å². The van der Waals surface area contributed by atoms with Gasteiger partial charge >= 0.3 is 0 Å². The molecule has 0 aliphatic carbocycles. The van der Waals surface area contributed by atoms with Crippen LogP contribution in [0.25, 0.3) is 11.4 Å². The Bertz CT molecular complexity index is 1150. The van der Waals surface area contributed by atoms with Gasteiger partial charge in [0.15, 0.2) is 22.6 Å². The Balaban J connectivity index is 1.51. The molecule has 0 unspecified atom stereocenters. The van der Waals surface area contributed by atoms with Crippen LogP contribution < -0.4 is 5.32 Å². The van der Waals surface area contributed by atoms with Gasteiger partial charge in [0.2, 0.25) is 5.91 Å². The summed E-state index contributed by atoms with van der Waals surface area (Å²) in [5.74, 6) is -1.10. The van der Waals surface area contributed by atoms with Crippen LogP contribution in [0.1, 0.15) is 5.76 Å². The van der Waals surface area contributed by atoms with Gasteiger partial charge in [-0.2, -0.15) is 0 Å². The first-order valence-corrected chi connectivity index (χ1v) is 9.82. The lowest BCUT2D eigenvalue weighted by atomic mass is 10.2. The highest BCUT2D eigenvalue weighted by Crippen LogP contribution is 2.25. The molecule has 0 radical (unpaired) electrons. The SMILES string of the molecule is O=C(CSc1nnc(-c2cccnc2)n1Cc1ccco1)Nc1ccc(F)c(F)c1. The Morgan fingerprint density at radius 2 is 2.03 bits per heavy atom. The number of hydrogen-bond donors (Lipinski definition) is 1. The fraction of sp³-hybridized carbons (Fsp3) is 0.100. The van der Waals surface area contributed by atoms with E-state index >= 15 is 0 Å². The van der Waals surface area contributed by atoms with Crippen LogP contribution in [0.5, 0.6) is 0 Å². The van der Waals surface area contributed by atoms with Gasteiger partial charge in [0.25, 0.3) is 0 Å². The van der Waals surface area contributed by atoms with Gasteiger partial charge in [0.1, 0.15) is 5.76 Å². The summed E-state index contributed by atoms with van der Waals surface area (Å²) in [6.07, 6.45) is 4.91. The number of furan rings is 1. The number of anilines is 1. The first-order chi connectivity index (χ1) is 14.6. The standard InChI is InChI=1S/C20H15F2N5O2S/c21-16-6-5-14(9-17(16)22)24-18(28)12-30-20-26-25-19(13-3-1-7-23-10-13)27(20)11-15-4-2-8-29-15/h1-10H,11-12H2,(H,24,28). The summed E-state index contributed by atoms with van der Waals surface area (Å²) in [6.45, 7) is 0.372. The quantitative estimate of drug-likeness (QED) is 0.449. The van der Waals surface area contributed by atoms with E-state index in [1.54, 1.807) is 30.8 Å². The second-order valence-electron chi connectivity index (χ2n) is 6.18. The average molecular weight is 427 g/mol. The molecule has 1 amide bonds. The highest BCUT2D eigenvalue weighted by Gasteiger charge is 2.17. The molecular weight excluding hydrogens is 412 g/mol. The van der Waals surface area contributed by atoms with Crippen molar-refractivity contribution in [2.24, 2.45) is 0 Å². The normalized spacial score (nSPS) is 10.9. The van der Waals surface area contributed by atoms with E-state index in [-0.39, 0.29) is 17.3 Å². The van der Waals surface area contributed by atoms with Crippen LogP contribution in [0.4, 0.5) is 14.5 Å². The summed E-state index contributed by atoms with van der Waals surface area (Å²) in [7, 11) is 0. The molecule has 0 aliphatic heterocycles. The maximum Gasteiger partial charge on any atom is 0.234 e. The van der Waals surface area contributed by atoms with Crippen molar-refractivity contribution in [2.75, 3.05) is 11.1 Å². The molecule has 0 atom stereocenters. The number of halogens is 2. The summed E-state index contributed by atoms with van der Waals surface area (Å²) in [5.41, 5.74) is 0.947. The number of pyridine rings is 1. The fourth-order valence-corrected chi connectivity index (χ4v) is 3.44. The first-order valence-electron chi connectivity index (χ1n) is 8.84. The van der Waals surface area contributed by atoms with Gasteiger partial charge in [0, 0.05) is 29.7 Å². The van der Waals surface area contributed by atoms with Gasteiger partial charge in [-0.3, -0.25) is 14.3 Å². The molecule has 3 heterocycles. The number of rotatable bonds is 7. The zero-order chi connectivity index (χ0) is 20.9. The van der Waals surface area contributed by atoms with Gasteiger partial charge in [-0.25, -0.2) is 8.78 Å². The van der Waals surface area contributed by atoms with Crippen LogP contribution in [-0.4, -0.2) is 31.4 Å². The maximum atomic E-state index is 13.3. The Hall–Kier alpha value is -3.53. The average Bonchev–Trinajstić information content (AvgIpc) is 3.40. The van der Waals surface area contributed by atoms with E-state index in [1.165, 1.54) is 17.8 Å². The number of carbonyl (C=O) groups is 1. The van der Waals surface area contributed by atoms with E-state index in [2.05, 4.69) is 20.5 Å². The van der Waals surface area contributed by atoms with Crippen LogP contribution in [0.3, 0.4) is 0 Å². The van der Waals surface area contributed by atoms with Gasteiger partial charge in [-0.1, -0.05) is 11.8 Å². The number of amides is 1. The zero-order valence-corrected chi connectivity index (χ0v) is 16.3. The van der Waals surface area contributed by atoms with Crippen LogP contribution >= 0.6 is 11.8 Å². The van der Waals surface area contributed by atoms with Crippen molar-refractivity contribution in [2.45, 2.75) is 11.7 Å². The van der Waals surface area contributed by atoms with Crippen molar-refractivity contribution in [3.8, 4) is 11.4 Å². The van der Waals surface area contributed by atoms with E-state index in [0.29, 0.717) is 23.3 Å². The van der Waals surface area contributed by atoms with Crippen molar-refractivity contribution >= 4 is 23.4 Å². The summed E-state index contributed by atoms with van der Waals surface area (Å²) >= 11 is 1.17. The molecular formula is C20H15F2N5O2S. The minimum absolute atomic E-state index is 0.00230.